The van der Waals surface area contributed by atoms with Crippen molar-refractivity contribution in [3.05, 3.63) is 62.6 Å². The number of amides is 1. The van der Waals surface area contributed by atoms with Gasteiger partial charge in [0.25, 0.3) is 11.6 Å². The van der Waals surface area contributed by atoms with Crippen molar-refractivity contribution in [2.75, 3.05) is 36.5 Å². The summed E-state index contributed by atoms with van der Waals surface area (Å²) in [4.78, 5) is 42.5. The Morgan fingerprint density at radius 2 is 1.82 bits per heavy atom. The molecule has 0 unspecified atom stereocenters. The zero-order valence-corrected chi connectivity index (χ0v) is 14.7. The highest BCUT2D eigenvalue weighted by Crippen LogP contribution is 2.31. The molecule has 144 valence electrons. The van der Waals surface area contributed by atoms with Gasteiger partial charge in [0.2, 0.25) is 0 Å². The molecule has 0 aliphatic carbocycles. The fourth-order valence-corrected chi connectivity index (χ4v) is 3.25. The van der Waals surface area contributed by atoms with E-state index in [4.69, 9.17) is 4.74 Å². The van der Waals surface area contributed by atoms with Gasteiger partial charge in [-0.05, 0) is 18.2 Å². The minimum Gasteiger partial charge on any atom is -0.378 e. The van der Waals surface area contributed by atoms with Gasteiger partial charge in [-0.15, -0.1) is 0 Å². The van der Waals surface area contributed by atoms with Gasteiger partial charge in [0, 0.05) is 19.2 Å². The van der Waals surface area contributed by atoms with Crippen LogP contribution in [0.4, 0.5) is 17.1 Å². The fraction of sp³-hybridized carbons (Fsp3) is 0.222. The number of carbonyl (C=O) groups excluding carboxylic acids is 1. The average Bonchev–Trinajstić information content (AvgIpc) is 3.07. The Labute approximate surface area is 158 Å². The van der Waals surface area contributed by atoms with Crippen LogP contribution in [0.5, 0.6) is 0 Å². The van der Waals surface area contributed by atoms with E-state index in [1.54, 1.807) is 18.2 Å². The molecule has 28 heavy (non-hydrogen) atoms. The Morgan fingerprint density at radius 1 is 1.14 bits per heavy atom. The van der Waals surface area contributed by atoms with Crippen LogP contribution in [0.1, 0.15) is 10.4 Å². The Balaban J connectivity index is 1.75. The highest BCUT2D eigenvalue weighted by atomic mass is 16.6. The van der Waals surface area contributed by atoms with E-state index < -0.39 is 10.8 Å². The Kier molecular flexibility index (Phi) is 4.53. The Hall–Kier alpha value is -3.66. The second kappa shape index (κ2) is 7.16. The monoisotopic (exact) mass is 383 g/mol. The predicted octanol–water partition coefficient (Wildman–Crippen LogP) is 1.85. The number of morpholine rings is 1. The first-order valence-electron chi connectivity index (χ1n) is 8.66. The van der Waals surface area contributed by atoms with Crippen molar-refractivity contribution in [2.24, 2.45) is 0 Å². The molecule has 2 heterocycles. The first-order valence-corrected chi connectivity index (χ1v) is 8.66. The van der Waals surface area contributed by atoms with Crippen LogP contribution in [0.3, 0.4) is 0 Å². The summed E-state index contributed by atoms with van der Waals surface area (Å²) in [5, 5.41) is 14.0. The highest BCUT2D eigenvalue weighted by molar-refractivity contribution is 6.09. The number of imidazole rings is 1. The smallest absolute Gasteiger partial charge is 0.323 e. The van der Waals surface area contributed by atoms with Crippen molar-refractivity contribution < 1.29 is 14.5 Å². The number of fused-ring (bicyclic) bond motifs is 1. The summed E-state index contributed by atoms with van der Waals surface area (Å²) in [6, 6.07) is 9.17. The van der Waals surface area contributed by atoms with Crippen molar-refractivity contribution in [1.82, 2.24) is 9.97 Å². The van der Waals surface area contributed by atoms with Crippen LogP contribution in [0.25, 0.3) is 11.0 Å². The highest BCUT2D eigenvalue weighted by Gasteiger charge is 2.22. The van der Waals surface area contributed by atoms with Crippen molar-refractivity contribution >= 4 is 34.0 Å². The fourth-order valence-electron chi connectivity index (χ4n) is 3.25. The number of carbonyl (C=O) groups is 1. The molecule has 3 N–H and O–H groups in total. The van der Waals surface area contributed by atoms with Crippen LogP contribution in [-0.4, -0.2) is 47.1 Å². The lowest BCUT2D eigenvalue weighted by molar-refractivity contribution is -0.385. The number of nitro benzene ring substituents is 1. The zero-order chi connectivity index (χ0) is 19.7. The summed E-state index contributed by atoms with van der Waals surface area (Å²) in [5.41, 5.74) is 1.62. The zero-order valence-electron chi connectivity index (χ0n) is 14.7. The van der Waals surface area contributed by atoms with E-state index in [-0.39, 0.29) is 16.9 Å². The van der Waals surface area contributed by atoms with Crippen molar-refractivity contribution in [3.8, 4) is 0 Å². The molecular formula is C18H17N5O5. The number of anilines is 2. The van der Waals surface area contributed by atoms with Gasteiger partial charge < -0.3 is 24.9 Å². The number of H-pyrrole nitrogens is 2. The molecule has 0 bridgehead atoms. The average molecular weight is 383 g/mol. The van der Waals surface area contributed by atoms with E-state index in [1.165, 1.54) is 18.2 Å². The molecule has 1 aromatic heterocycles. The van der Waals surface area contributed by atoms with Crippen LogP contribution in [0.2, 0.25) is 0 Å². The van der Waals surface area contributed by atoms with E-state index in [9.17, 15) is 19.7 Å². The number of para-hydroxylation sites is 1. The third kappa shape index (κ3) is 3.32. The summed E-state index contributed by atoms with van der Waals surface area (Å²) in [7, 11) is 0. The van der Waals surface area contributed by atoms with E-state index >= 15 is 0 Å². The first-order chi connectivity index (χ1) is 13.5. The molecular weight excluding hydrogens is 366 g/mol. The third-order valence-electron chi connectivity index (χ3n) is 4.58. The number of hydrogen-bond donors (Lipinski definition) is 3. The van der Waals surface area contributed by atoms with Gasteiger partial charge >= 0.3 is 5.69 Å². The summed E-state index contributed by atoms with van der Waals surface area (Å²) in [6.45, 7) is 2.32. The molecule has 0 radical (unpaired) electrons. The Bertz CT molecular complexity index is 1110. The minimum absolute atomic E-state index is 0.0388. The van der Waals surface area contributed by atoms with Crippen molar-refractivity contribution in [1.29, 1.82) is 0 Å². The van der Waals surface area contributed by atoms with E-state index in [0.29, 0.717) is 48.7 Å². The molecule has 1 aliphatic rings. The molecule has 1 fully saturated rings. The SMILES string of the molecule is O=C(Nc1cc2[nH]c(=O)[nH]c2cc1N1CCOCC1)c1ccccc1[N+](=O)[O-]. The number of hydrogen-bond acceptors (Lipinski definition) is 6. The van der Waals surface area contributed by atoms with Gasteiger partial charge in [0.1, 0.15) is 5.56 Å². The van der Waals surface area contributed by atoms with Crippen LogP contribution in [-0.2, 0) is 4.74 Å². The van der Waals surface area contributed by atoms with Gasteiger partial charge in [-0.25, -0.2) is 4.79 Å². The lowest BCUT2D eigenvalue weighted by Gasteiger charge is -2.30. The maximum atomic E-state index is 12.8. The standard InChI is InChI=1S/C18H17N5O5/c24-17(11-3-1-2-4-15(11)23(26)27)19-14-9-12-13(21-18(25)20-12)10-16(14)22-5-7-28-8-6-22/h1-4,9-10H,5-8H2,(H,19,24)(H2,20,21,25). The first kappa shape index (κ1) is 17.7. The third-order valence-corrected chi connectivity index (χ3v) is 4.58. The van der Waals surface area contributed by atoms with E-state index in [1.807, 2.05) is 4.90 Å². The van der Waals surface area contributed by atoms with Crippen LogP contribution in [0.15, 0.2) is 41.2 Å². The Morgan fingerprint density at radius 3 is 2.54 bits per heavy atom. The molecule has 0 spiro atoms. The number of nitrogens with one attached hydrogen (secondary N) is 3. The molecule has 10 nitrogen and oxygen atoms in total. The van der Waals surface area contributed by atoms with Gasteiger partial charge in [-0.1, -0.05) is 12.1 Å². The number of benzene rings is 2. The molecule has 1 aliphatic heterocycles. The van der Waals surface area contributed by atoms with Crippen LogP contribution in [0, 0.1) is 10.1 Å². The summed E-state index contributed by atoms with van der Waals surface area (Å²) >= 11 is 0. The number of nitrogens with zero attached hydrogens (tertiary/aromatic N) is 2. The van der Waals surface area contributed by atoms with E-state index in [0.717, 1.165) is 0 Å². The van der Waals surface area contributed by atoms with Gasteiger partial charge in [0.15, 0.2) is 0 Å². The quantitative estimate of drug-likeness (QED) is 0.465. The van der Waals surface area contributed by atoms with Crippen LogP contribution >= 0.6 is 0 Å². The number of aromatic amines is 2. The van der Waals surface area contributed by atoms with Gasteiger partial charge in [-0.3, -0.25) is 14.9 Å². The second-order valence-electron chi connectivity index (χ2n) is 6.32. The molecule has 0 saturated carbocycles. The molecule has 1 saturated heterocycles. The molecule has 1 amide bonds. The number of nitro groups is 1. The number of ether oxygens (including phenoxy) is 1. The molecule has 0 atom stereocenters. The summed E-state index contributed by atoms with van der Waals surface area (Å²) < 4.78 is 5.38. The molecule has 2 aromatic carbocycles. The predicted molar refractivity (Wildman–Crippen MR) is 103 cm³/mol. The van der Waals surface area contributed by atoms with Gasteiger partial charge in [-0.2, -0.15) is 0 Å². The molecule has 4 rings (SSSR count). The lowest BCUT2D eigenvalue weighted by atomic mass is 10.1. The largest absolute Gasteiger partial charge is 0.378 e. The summed E-state index contributed by atoms with van der Waals surface area (Å²) in [6.07, 6.45) is 0. The normalized spacial score (nSPS) is 14.2. The minimum atomic E-state index is -0.598. The maximum Gasteiger partial charge on any atom is 0.323 e. The maximum absolute atomic E-state index is 12.8. The number of aromatic nitrogens is 2. The second-order valence-corrected chi connectivity index (χ2v) is 6.32. The molecule has 10 heteroatoms. The van der Waals surface area contributed by atoms with Gasteiger partial charge in [0.05, 0.1) is 40.5 Å². The number of rotatable bonds is 4. The topological polar surface area (TPSA) is 133 Å². The van der Waals surface area contributed by atoms with Crippen LogP contribution < -0.4 is 15.9 Å². The van der Waals surface area contributed by atoms with Crippen molar-refractivity contribution in [3.63, 3.8) is 0 Å². The van der Waals surface area contributed by atoms with Crippen molar-refractivity contribution in [2.45, 2.75) is 0 Å². The molecule has 3 aromatic rings. The lowest BCUT2D eigenvalue weighted by Crippen LogP contribution is -2.36. The summed E-state index contributed by atoms with van der Waals surface area (Å²) in [5.74, 6) is -0.598. The van der Waals surface area contributed by atoms with E-state index in [2.05, 4.69) is 15.3 Å².